The number of nitrogens with zero attached hydrogens (tertiary/aromatic N) is 2. The number of carbonyl (C=O) groups excluding carboxylic acids is 2. The summed E-state index contributed by atoms with van der Waals surface area (Å²) in [7, 11) is -4.32. The van der Waals surface area contributed by atoms with E-state index in [1.54, 1.807) is 61.5 Å². The molecule has 0 aliphatic heterocycles. The molecule has 0 spiro atoms. The first-order chi connectivity index (χ1) is 19.2. The average molecular weight is 631 g/mol. The summed E-state index contributed by atoms with van der Waals surface area (Å²) in [5.41, 5.74) is -0.461. The summed E-state index contributed by atoms with van der Waals surface area (Å²) in [5.74, 6) is -1.35. The van der Waals surface area contributed by atoms with Gasteiger partial charge in [-0.2, -0.15) is 13.2 Å². The van der Waals surface area contributed by atoms with Crippen LogP contribution in [0.5, 0.6) is 0 Å². The normalized spacial score (nSPS) is 12.5. The Morgan fingerprint density at radius 3 is 2.17 bits per heavy atom. The molecule has 3 aromatic rings. The number of anilines is 1. The number of rotatable bonds is 11. The minimum Gasteiger partial charge on any atom is -0.355 e. The van der Waals surface area contributed by atoms with Gasteiger partial charge in [-0.15, -0.1) is 0 Å². The van der Waals surface area contributed by atoms with Crippen LogP contribution >= 0.6 is 23.2 Å². The number of hydrogen-bond acceptors (Lipinski definition) is 4. The number of nitrogens with one attached hydrogen (secondary N) is 1. The van der Waals surface area contributed by atoms with Crippen LogP contribution in [-0.4, -0.2) is 50.5 Å². The van der Waals surface area contributed by atoms with Crippen LogP contribution in [0.15, 0.2) is 72.8 Å². The zero-order valence-corrected chi connectivity index (χ0v) is 24.5. The molecule has 13 heteroatoms. The van der Waals surface area contributed by atoms with E-state index in [-0.39, 0.29) is 24.5 Å². The van der Waals surface area contributed by atoms with Crippen molar-refractivity contribution in [3.8, 4) is 0 Å². The Labute approximate surface area is 246 Å². The Hall–Kier alpha value is -3.28. The lowest BCUT2D eigenvalue weighted by atomic mass is 10.0. The van der Waals surface area contributed by atoms with Gasteiger partial charge in [0, 0.05) is 24.5 Å². The third-order valence-corrected chi connectivity index (χ3v) is 7.96. The fourth-order valence-corrected chi connectivity index (χ4v) is 5.45. The van der Waals surface area contributed by atoms with Gasteiger partial charge in [-0.1, -0.05) is 71.7 Å². The molecule has 0 aliphatic rings. The topological polar surface area (TPSA) is 86.8 Å². The molecule has 0 fully saturated rings. The molecule has 0 saturated heterocycles. The second kappa shape index (κ2) is 13.6. The smallest absolute Gasteiger partial charge is 0.355 e. The quantitative estimate of drug-likeness (QED) is 0.301. The molecule has 2 amide bonds. The van der Waals surface area contributed by atoms with Gasteiger partial charge in [0.1, 0.15) is 12.6 Å². The lowest BCUT2D eigenvalue weighted by Gasteiger charge is -2.34. The Morgan fingerprint density at radius 2 is 1.59 bits per heavy atom. The molecule has 0 saturated carbocycles. The minimum absolute atomic E-state index is 0.0755. The predicted octanol–water partition coefficient (Wildman–Crippen LogP) is 5.55. The van der Waals surface area contributed by atoms with Gasteiger partial charge >= 0.3 is 6.18 Å². The summed E-state index contributed by atoms with van der Waals surface area (Å²) in [6.07, 6.45) is -3.96. The van der Waals surface area contributed by atoms with Gasteiger partial charge in [0.2, 0.25) is 21.8 Å². The van der Waals surface area contributed by atoms with Crippen LogP contribution < -0.4 is 9.62 Å². The second-order valence-corrected chi connectivity index (χ2v) is 11.9. The largest absolute Gasteiger partial charge is 0.416 e. The second-order valence-electron chi connectivity index (χ2n) is 9.15. The molecular weight excluding hydrogens is 602 g/mol. The first-order valence-electron chi connectivity index (χ1n) is 12.4. The lowest BCUT2D eigenvalue weighted by molar-refractivity contribution is -0.140. The van der Waals surface area contributed by atoms with Crippen molar-refractivity contribution in [3.05, 3.63) is 99.5 Å². The number of amides is 2. The number of hydrogen-bond donors (Lipinski definition) is 1. The molecule has 0 radical (unpaired) electrons. The van der Waals surface area contributed by atoms with Crippen molar-refractivity contribution in [1.82, 2.24) is 10.2 Å². The highest BCUT2D eigenvalue weighted by Crippen LogP contribution is 2.36. The maximum Gasteiger partial charge on any atom is 0.416 e. The van der Waals surface area contributed by atoms with Gasteiger partial charge in [-0.05, 0) is 42.3 Å². The van der Waals surface area contributed by atoms with E-state index in [4.69, 9.17) is 23.2 Å². The van der Waals surface area contributed by atoms with Gasteiger partial charge < -0.3 is 10.2 Å². The summed E-state index contributed by atoms with van der Waals surface area (Å²) >= 11 is 12.5. The molecule has 0 aliphatic carbocycles. The van der Waals surface area contributed by atoms with E-state index >= 15 is 0 Å². The molecule has 0 heterocycles. The maximum absolute atomic E-state index is 14.0. The van der Waals surface area contributed by atoms with Crippen LogP contribution in [0.25, 0.3) is 0 Å². The fourth-order valence-electron chi connectivity index (χ4n) is 4.13. The van der Waals surface area contributed by atoms with Crippen molar-refractivity contribution in [3.63, 3.8) is 0 Å². The monoisotopic (exact) mass is 629 g/mol. The summed E-state index contributed by atoms with van der Waals surface area (Å²) in [5, 5.41) is 2.71. The standard InChI is InChI=1S/C28H28Cl2F3N3O4S/c1-3-34-27(38)25(15-19-9-5-4-6-10-19)35(17-20-11-7-8-12-22(20)29)26(37)18-36(41(2,39)40)24-16-21(28(31,32)33)13-14-23(24)30/h4-14,16,25H,3,15,17-18H2,1-2H3,(H,34,38). The summed E-state index contributed by atoms with van der Waals surface area (Å²) in [6.45, 7) is 0.863. The molecular formula is C28H28Cl2F3N3O4S. The molecule has 1 atom stereocenters. The molecule has 0 aromatic heterocycles. The van der Waals surface area contributed by atoms with Crippen LogP contribution in [0.3, 0.4) is 0 Å². The Morgan fingerprint density at radius 1 is 0.951 bits per heavy atom. The summed E-state index contributed by atoms with van der Waals surface area (Å²) in [4.78, 5) is 28.4. The zero-order chi connectivity index (χ0) is 30.4. The van der Waals surface area contributed by atoms with E-state index in [0.29, 0.717) is 27.0 Å². The van der Waals surface area contributed by atoms with E-state index in [2.05, 4.69) is 5.32 Å². The van der Waals surface area contributed by atoms with E-state index < -0.39 is 51.9 Å². The lowest BCUT2D eigenvalue weighted by Crippen LogP contribution is -2.53. The molecule has 41 heavy (non-hydrogen) atoms. The van der Waals surface area contributed by atoms with Gasteiger partial charge in [-0.3, -0.25) is 13.9 Å². The fraction of sp³-hybridized carbons (Fsp3) is 0.286. The first kappa shape index (κ1) is 32.2. The predicted molar refractivity (Wildman–Crippen MR) is 153 cm³/mol. The molecule has 220 valence electrons. The van der Waals surface area contributed by atoms with Crippen LogP contribution in [0, 0.1) is 0 Å². The van der Waals surface area contributed by atoms with Gasteiger partial charge in [0.15, 0.2) is 0 Å². The Kier molecular flexibility index (Phi) is 10.7. The van der Waals surface area contributed by atoms with Crippen molar-refractivity contribution >= 4 is 50.7 Å². The zero-order valence-electron chi connectivity index (χ0n) is 22.2. The van der Waals surface area contributed by atoms with Crippen LogP contribution in [0.1, 0.15) is 23.6 Å². The van der Waals surface area contributed by atoms with E-state index in [1.165, 1.54) is 4.90 Å². The summed E-state index contributed by atoms with van der Waals surface area (Å²) < 4.78 is 66.5. The van der Waals surface area contributed by atoms with E-state index in [9.17, 15) is 31.2 Å². The number of likely N-dealkylation sites (N-methyl/N-ethyl adjacent to an activating group) is 1. The van der Waals surface area contributed by atoms with Crippen molar-refractivity contribution in [2.75, 3.05) is 23.7 Å². The van der Waals surface area contributed by atoms with Gasteiger partial charge in [0.05, 0.1) is 22.5 Å². The van der Waals surface area contributed by atoms with Crippen molar-refractivity contribution in [2.24, 2.45) is 0 Å². The highest BCUT2D eigenvalue weighted by molar-refractivity contribution is 7.92. The maximum atomic E-state index is 14.0. The highest BCUT2D eigenvalue weighted by Gasteiger charge is 2.36. The molecule has 3 aromatic carbocycles. The number of halogens is 5. The number of sulfonamides is 1. The van der Waals surface area contributed by atoms with Crippen molar-refractivity contribution in [1.29, 1.82) is 0 Å². The molecule has 7 nitrogen and oxygen atoms in total. The number of benzene rings is 3. The molecule has 1 unspecified atom stereocenters. The number of alkyl halides is 3. The minimum atomic E-state index is -4.79. The third-order valence-electron chi connectivity index (χ3n) is 6.14. The highest BCUT2D eigenvalue weighted by atomic mass is 35.5. The number of carbonyl (C=O) groups is 2. The SMILES string of the molecule is CCNC(=O)C(Cc1ccccc1)N(Cc1ccccc1Cl)C(=O)CN(c1cc(C(F)(F)F)ccc1Cl)S(C)(=O)=O. The molecule has 1 N–H and O–H groups in total. The first-order valence-corrected chi connectivity index (χ1v) is 15.0. The van der Waals surface area contributed by atoms with E-state index in [0.717, 1.165) is 17.9 Å². The van der Waals surface area contributed by atoms with Crippen LogP contribution in [0.2, 0.25) is 10.0 Å². The summed E-state index contributed by atoms with van der Waals surface area (Å²) in [6, 6.07) is 16.6. The van der Waals surface area contributed by atoms with Crippen LogP contribution in [0.4, 0.5) is 18.9 Å². The molecule has 3 rings (SSSR count). The third kappa shape index (κ3) is 8.61. The Balaban J connectivity index is 2.11. The molecule has 0 bridgehead atoms. The van der Waals surface area contributed by atoms with Gasteiger partial charge in [0.25, 0.3) is 0 Å². The average Bonchev–Trinajstić information content (AvgIpc) is 2.90. The Bertz CT molecular complexity index is 1490. The van der Waals surface area contributed by atoms with Gasteiger partial charge in [-0.25, -0.2) is 8.42 Å². The van der Waals surface area contributed by atoms with E-state index in [1.807, 2.05) is 0 Å². The van der Waals surface area contributed by atoms with Crippen LogP contribution in [-0.2, 0) is 38.8 Å². The van der Waals surface area contributed by atoms with Crippen molar-refractivity contribution < 1.29 is 31.2 Å². The van der Waals surface area contributed by atoms with Crippen molar-refractivity contribution in [2.45, 2.75) is 32.1 Å².